The average molecular weight is 299 g/mol. The highest BCUT2D eigenvalue weighted by Gasteiger charge is 2.47. The van der Waals surface area contributed by atoms with Crippen molar-refractivity contribution in [2.45, 2.75) is 24.5 Å². The molecule has 0 saturated carbocycles. The summed E-state index contributed by atoms with van der Waals surface area (Å²) >= 11 is 0. The molecule has 0 N–H and O–H groups in total. The fourth-order valence-electron chi connectivity index (χ4n) is 3.15. The molecule has 2 aromatic rings. The van der Waals surface area contributed by atoms with Crippen LogP contribution in [0.3, 0.4) is 0 Å². The van der Waals surface area contributed by atoms with Gasteiger partial charge < -0.3 is 14.4 Å². The van der Waals surface area contributed by atoms with Crippen molar-refractivity contribution in [1.29, 1.82) is 0 Å². The lowest BCUT2D eigenvalue weighted by molar-refractivity contribution is 0.0192. The summed E-state index contributed by atoms with van der Waals surface area (Å²) in [5.41, 5.74) is -0.156. The van der Waals surface area contributed by atoms with E-state index in [1.54, 1.807) is 37.1 Å². The van der Waals surface area contributed by atoms with Gasteiger partial charge in [0.15, 0.2) is 0 Å². The first kappa shape index (κ1) is 13.4. The molecule has 4 rings (SSSR count). The summed E-state index contributed by atoms with van der Waals surface area (Å²) in [6, 6.07) is 2.19. The van der Waals surface area contributed by atoms with Gasteiger partial charge in [-0.05, 0) is 12.5 Å². The van der Waals surface area contributed by atoms with E-state index in [1.807, 2.05) is 0 Å². The molecule has 0 radical (unpaired) electrons. The summed E-state index contributed by atoms with van der Waals surface area (Å²) in [7, 11) is 0. The molecule has 7 nitrogen and oxygen atoms in total. The van der Waals surface area contributed by atoms with Crippen molar-refractivity contribution in [2.24, 2.45) is 0 Å². The predicted octanol–water partition coefficient (Wildman–Crippen LogP) is 1.08. The van der Waals surface area contributed by atoms with Gasteiger partial charge in [0.2, 0.25) is 0 Å². The molecule has 2 aliphatic rings. The van der Waals surface area contributed by atoms with Crippen LogP contribution in [-0.4, -0.2) is 51.3 Å². The molecule has 114 valence electrons. The molecule has 4 heterocycles. The standard InChI is InChI=1S/C15H17N5O2/c1-3-18-14(19-4-1)22-12-8-15(21-10-12)2-7-20(11-15)13-9-16-5-6-17-13/h1,3-6,9,12H,2,7-8,10-11H2/t12-,15-/m0/s1. The van der Waals surface area contributed by atoms with Crippen molar-refractivity contribution in [2.75, 3.05) is 24.6 Å². The Kier molecular flexibility index (Phi) is 3.34. The Labute approximate surface area is 128 Å². The Hall–Kier alpha value is -2.28. The number of nitrogens with zero attached hydrogens (tertiary/aromatic N) is 5. The third kappa shape index (κ3) is 2.59. The van der Waals surface area contributed by atoms with E-state index in [-0.39, 0.29) is 11.7 Å². The van der Waals surface area contributed by atoms with Crippen LogP contribution in [0.25, 0.3) is 0 Å². The second-order valence-electron chi connectivity index (χ2n) is 5.70. The first-order valence-electron chi connectivity index (χ1n) is 7.42. The van der Waals surface area contributed by atoms with Crippen LogP contribution in [-0.2, 0) is 4.74 Å². The van der Waals surface area contributed by atoms with Crippen LogP contribution in [0.2, 0.25) is 0 Å². The van der Waals surface area contributed by atoms with Crippen molar-refractivity contribution in [1.82, 2.24) is 19.9 Å². The second kappa shape index (κ2) is 5.49. The normalized spacial score (nSPS) is 27.5. The van der Waals surface area contributed by atoms with Gasteiger partial charge in [-0.1, -0.05) is 0 Å². The number of hydrogen-bond acceptors (Lipinski definition) is 7. The maximum atomic E-state index is 6.07. The lowest BCUT2D eigenvalue weighted by Gasteiger charge is -2.23. The molecule has 0 amide bonds. The summed E-state index contributed by atoms with van der Waals surface area (Å²) in [4.78, 5) is 18.9. The van der Waals surface area contributed by atoms with Gasteiger partial charge >= 0.3 is 6.01 Å². The van der Waals surface area contributed by atoms with E-state index in [0.29, 0.717) is 12.6 Å². The third-order valence-corrected chi connectivity index (χ3v) is 4.18. The minimum atomic E-state index is -0.156. The van der Waals surface area contributed by atoms with Crippen LogP contribution in [0.15, 0.2) is 37.1 Å². The molecular formula is C15H17N5O2. The number of ether oxygens (including phenoxy) is 2. The van der Waals surface area contributed by atoms with E-state index >= 15 is 0 Å². The van der Waals surface area contributed by atoms with Crippen molar-refractivity contribution in [3.05, 3.63) is 37.1 Å². The number of rotatable bonds is 3. The van der Waals surface area contributed by atoms with Gasteiger partial charge in [-0.2, -0.15) is 0 Å². The van der Waals surface area contributed by atoms with Gasteiger partial charge in [-0.25, -0.2) is 15.0 Å². The van der Waals surface area contributed by atoms with Gasteiger partial charge in [0, 0.05) is 44.3 Å². The van der Waals surface area contributed by atoms with Crippen LogP contribution >= 0.6 is 0 Å². The van der Waals surface area contributed by atoms with Gasteiger partial charge in [-0.3, -0.25) is 4.98 Å². The summed E-state index contributed by atoms with van der Waals surface area (Å²) in [5, 5.41) is 0. The van der Waals surface area contributed by atoms with E-state index in [2.05, 4.69) is 24.8 Å². The Morgan fingerprint density at radius 1 is 1.18 bits per heavy atom. The molecule has 2 atom stereocenters. The highest BCUT2D eigenvalue weighted by Crippen LogP contribution is 2.37. The molecule has 0 aliphatic carbocycles. The summed E-state index contributed by atoms with van der Waals surface area (Å²) in [5.74, 6) is 0.902. The zero-order chi connectivity index (χ0) is 14.8. The topological polar surface area (TPSA) is 73.3 Å². The van der Waals surface area contributed by atoms with Gasteiger partial charge in [-0.15, -0.1) is 0 Å². The number of hydrogen-bond donors (Lipinski definition) is 0. The summed E-state index contributed by atoms with van der Waals surface area (Å²) < 4.78 is 11.9. The molecule has 2 aromatic heterocycles. The van der Waals surface area contributed by atoms with Crippen LogP contribution in [0.1, 0.15) is 12.8 Å². The number of anilines is 1. The van der Waals surface area contributed by atoms with Crippen LogP contribution in [0.5, 0.6) is 6.01 Å². The lowest BCUT2D eigenvalue weighted by atomic mass is 9.98. The van der Waals surface area contributed by atoms with E-state index in [4.69, 9.17) is 9.47 Å². The van der Waals surface area contributed by atoms with Crippen LogP contribution in [0, 0.1) is 0 Å². The minimum Gasteiger partial charge on any atom is -0.458 e. The van der Waals surface area contributed by atoms with E-state index in [9.17, 15) is 0 Å². The summed E-state index contributed by atoms with van der Waals surface area (Å²) in [6.45, 7) is 2.32. The molecule has 22 heavy (non-hydrogen) atoms. The van der Waals surface area contributed by atoms with Crippen molar-refractivity contribution in [3.8, 4) is 6.01 Å². The first-order chi connectivity index (χ1) is 10.8. The Bertz CT molecular complexity index is 626. The second-order valence-corrected chi connectivity index (χ2v) is 5.70. The maximum absolute atomic E-state index is 6.07. The Balaban J connectivity index is 1.40. The molecule has 0 unspecified atom stereocenters. The largest absolute Gasteiger partial charge is 0.458 e. The molecule has 7 heteroatoms. The average Bonchev–Trinajstić information content (AvgIpc) is 3.17. The van der Waals surface area contributed by atoms with Crippen molar-refractivity contribution in [3.63, 3.8) is 0 Å². The SMILES string of the molecule is c1cnc(O[C@@H]2CO[C@@]3(CCN(c4cnccn4)C3)C2)nc1. The molecular weight excluding hydrogens is 282 g/mol. The summed E-state index contributed by atoms with van der Waals surface area (Å²) in [6.07, 6.45) is 10.4. The maximum Gasteiger partial charge on any atom is 0.316 e. The lowest BCUT2D eigenvalue weighted by Crippen LogP contribution is -2.33. The fourth-order valence-corrected chi connectivity index (χ4v) is 3.15. The fraction of sp³-hybridized carbons (Fsp3) is 0.467. The zero-order valence-corrected chi connectivity index (χ0v) is 12.1. The molecule has 2 saturated heterocycles. The highest BCUT2D eigenvalue weighted by molar-refractivity contribution is 5.38. The molecule has 0 aromatic carbocycles. The third-order valence-electron chi connectivity index (χ3n) is 4.18. The monoisotopic (exact) mass is 299 g/mol. The van der Waals surface area contributed by atoms with Crippen molar-refractivity contribution >= 4 is 5.82 Å². The van der Waals surface area contributed by atoms with E-state index in [1.165, 1.54) is 0 Å². The van der Waals surface area contributed by atoms with Gasteiger partial charge in [0.05, 0.1) is 18.4 Å². The first-order valence-corrected chi connectivity index (χ1v) is 7.42. The zero-order valence-electron chi connectivity index (χ0n) is 12.1. The molecule has 2 aliphatic heterocycles. The van der Waals surface area contributed by atoms with Crippen LogP contribution in [0.4, 0.5) is 5.82 Å². The Morgan fingerprint density at radius 3 is 2.91 bits per heavy atom. The predicted molar refractivity (Wildman–Crippen MR) is 78.6 cm³/mol. The molecule has 0 bridgehead atoms. The van der Waals surface area contributed by atoms with E-state index in [0.717, 1.165) is 31.7 Å². The van der Waals surface area contributed by atoms with Crippen molar-refractivity contribution < 1.29 is 9.47 Å². The van der Waals surface area contributed by atoms with Gasteiger partial charge in [0.1, 0.15) is 11.9 Å². The Morgan fingerprint density at radius 2 is 2.09 bits per heavy atom. The van der Waals surface area contributed by atoms with Crippen LogP contribution < -0.4 is 9.64 Å². The molecule has 2 fully saturated rings. The van der Waals surface area contributed by atoms with Gasteiger partial charge in [0.25, 0.3) is 0 Å². The molecule has 1 spiro atoms. The minimum absolute atomic E-state index is 0.00390. The smallest absolute Gasteiger partial charge is 0.316 e. The quantitative estimate of drug-likeness (QED) is 0.839. The number of aromatic nitrogens is 4. The van der Waals surface area contributed by atoms with E-state index < -0.39 is 0 Å². The highest BCUT2D eigenvalue weighted by atomic mass is 16.6.